The number of imidazole rings is 1. The van der Waals surface area contributed by atoms with E-state index < -0.39 is 0 Å². The van der Waals surface area contributed by atoms with E-state index in [2.05, 4.69) is 9.55 Å². The van der Waals surface area contributed by atoms with Gasteiger partial charge in [0.25, 0.3) is 0 Å². The predicted octanol–water partition coefficient (Wildman–Crippen LogP) is 2.44. The number of nitrogen functional groups attached to an aromatic ring is 1. The maximum Gasteiger partial charge on any atom is 0.201 e. The van der Waals surface area contributed by atoms with E-state index in [1.54, 1.807) is 0 Å². The fourth-order valence-corrected chi connectivity index (χ4v) is 2.81. The molecule has 108 valence electrons. The molecule has 1 aliphatic rings. The molecule has 5 heteroatoms. The lowest BCUT2D eigenvalue weighted by Gasteiger charge is -2.23. The largest absolute Gasteiger partial charge is 0.492 e. The molecule has 1 unspecified atom stereocenters. The number of nitrogens with zero attached hydrogens (tertiary/aromatic N) is 2. The average molecular weight is 275 g/mol. The molecule has 0 radical (unpaired) electrons. The van der Waals surface area contributed by atoms with Crippen LogP contribution in [0.15, 0.2) is 18.2 Å². The molecule has 3 rings (SSSR count). The van der Waals surface area contributed by atoms with Gasteiger partial charge in [-0.15, -0.1) is 0 Å². The maximum absolute atomic E-state index is 6.09. The number of aromatic nitrogens is 2. The summed E-state index contributed by atoms with van der Waals surface area (Å²) in [5.41, 5.74) is 7.98. The van der Waals surface area contributed by atoms with Crippen molar-refractivity contribution in [2.75, 3.05) is 25.6 Å². The van der Waals surface area contributed by atoms with Gasteiger partial charge in [0.15, 0.2) is 0 Å². The van der Waals surface area contributed by atoms with Gasteiger partial charge in [-0.25, -0.2) is 4.98 Å². The Bertz CT molecular complexity index is 588. The quantitative estimate of drug-likeness (QED) is 0.931. The highest BCUT2D eigenvalue weighted by Crippen LogP contribution is 2.28. The van der Waals surface area contributed by atoms with E-state index in [0.717, 1.165) is 43.0 Å². The van der Waals surface area contributed by atoms with Gasteiger partial charge in [-0.2, -0.15) is 0 Å². The lowest BCUT2D eigenvalue weighted by atomic mass is 10.0. The minimum absolute atomic E-state index is 0.513. The minimum Gasteiger partial charge on any atom is -0.492 e. The smallest absolute Gasteiger partial charge is 0.201 e. The van der Waals surface area contributed by atoms with E-state index in [-0.39, 0.29) is 0 Å². The Morgan fingerprint density at radius 1 is 1.50 bits per heavy atom. The molecule has 0 aliphatic carbocycles. The first-order valence-corrected chi connectivity index (χ1v) is 7.25. The third kappa shape index (κ3) is 2.45. The van der Waals surface area contributed by atoms with Crippen LogP contribution < -0.4 is 10.5 Å². The lowest BCUT2D eigenvalue weighted by Crippen LogP contribution is -2.22. The number of anilines is 1. The number of fused-ring (bicyclic) bond motifs is 1. The van der Waals surface area contributed by atoms with Crippen LogP contribution in [-0.2, 0) is 11.3 Å². The van der Waals surface area contributed by atoms with Crippen LogP contribution in [0, 0.1) is 5.92 Å². The van der Waals surface area contributed by atoms with Crippen molar-refractivity contribution >= 4 is 17.0 Å². The summed E-state index contributed by atoms with van der Waals surface area (Å²) in [5.74, 6) is 1.87. The lowest BCUT2D eigenvalue weighted by molar-refractivity contribution is 0.0490. The fourth-order valence-electron chi connectivity index (χ4n) is 2.81. The first kappa shape index (κ1) is 13.2. The van der Waals surface area contributed by atoms with Crippen LogP contribution in [-0.4, -0.2) is 29.4 Å². The normalized spacial score (nSPS) is 19.4. The molecule has 1 aromatic carbocycles. The summed E-state index contributed by atoms with van der Waals surface area (Å²) in [6.45, 7) is 5.15. The van der Waals surface area contributed by atoms with Gasteiger partial charge in [-0.05, 0) is 31.9 Å². The number of para-hydroxylation sites is 1. The van der Waals surface area contributed by atoms with Gasteiger partial charge in [0.05, 0.1) is 18.7 Å². The van der Waals surface area contributed by atoms with Gasteiger partial charge in [0.1, 0.15) is 11.3 Å². The van der Waals surface area contributed by atoms with E-state index in [9.17, 15) is 0 Å². The number of hydrogen-bond donors (Lipinski definition) is 1. The van der Waals surface area contributed by atoms with Crippen LogP contribution in [0.1, 0.15) is 19.8 Å². The highest BCUT2D eigenvalue weighted by molar-refractivity contribution is 5.84. The summed E-state index contributed by atoms with van der Waals surface area (Å²) in [6, 6.07) is 5.97. The fraction of sp³-hybridized carbons (Fsp3) is 0.533. The van der Waals surface area contributed by atoms with Gasteiger partial charge in [-0.3, -0.25) is 0 Å². The minimum atomic E-state index is 0.513. The van der Waals surface area contributed by atoms with Crippen LogP contribution in [0.25, 0.3) is 11.0 Å². The molecule has 0 spiro atoms. The Morgan fingerprint density at radius 2 is 2.40 bits per heavy atom. The van der Waals surface area contributed by atoms with Crippen molar-refractivity contribution in [3.8, 4) is 5.75 Å². The zero-order valence-electron chi connectivity index (χ0n) is 11.8. The molecular formula is C15H21N3O2. The van der Waals surface area contributed by atoms with Crippen LogP contribution in [0.4, 0.5) is 5.95 Å². The summed E-state index contributed by atoms with van der Waals surface area (Å²) in [6.07, 6.45) is 2.31. The van der Waals surface area contributed by atoms with Gasteiger partial charge < -0.3 is 19.8 Å². The zero-order valence-corrected chi connectivity index (χ0v) is 11.8. The van der Waals surface area contributed by atoms with E-state index in [0.29, 0.717) is 18.5 Å². The topological polar surface area (TPSA) is 62.3 Å². The predicted molar refractivity (Wildman–Crippen MR) is 78.9 cm³/mol. The number of hydrogen-bond acceptors (Lipinski definition) is 4. The van der Waals surface area contributed by atoms with E-state index in [4.69, 9.17) is 15.2 Å². The standard InChI is InChI=1S/C15H21N3O2/c1-2-20-13-7-3-6-12-14(13)17-15(16)18(12)9-11-5-4-8-19-10-11/h3,6-7,11H,2,4-5,8-10H2,1H3,(H2,16,17). The number of ether oxygens (including phenoxy) is 2. The molecule has 2 heterocycles. The highest BCUT2D eigenvalue weighted by atomic mass is 16.5. The highest BCUT2D eigenvalue weighted by Gasteiger charge is 2.18. The summed E-state index contributed by atoms with van der Waals surface area (Å²) < 4.78 is 13.2. The van der Waals surface area contributed by atoms with E-state index in [1.165, 1.54) is 6.42 Å². The maximum atomic E-state index is 6.09. The molecule has 20 heavy (non-hydrogen) atoms. The van der Waals surface area contributed by atoms with Gasteiger partial charge >= 0.3 is 0 Å². The van der Waals surface area contributed by atoms with E-state index >= 15 is 0 Å². The Kier molecular flexibility index (Phi) is 3.78. The molecular weight excluding hydrogens is 254 g/mol. The molecule has 1 aliphatic heterocycles. The summed E-state index contributed by atoms with van der Waals surface area (Å²) in [5, 5.41) is 0. The molecule has 0 amide bonds. The van der Waals surface area contributed by atoms with Crippen molar-refractivity contribution in [1.29, 1.82) is 0 Å². The number of nitrogens with two attached hydrogens (primary N) is 1. The van der Waals surface area contributed by atoms with Crippen molar-refractivity contribution in [2.24, 2.45) is 5.92 Å². The third-order valence-electron chi connectivity index (χ3n) is 3.77. The molecule has 2 N–H and O–H groups in total. The molecule has 2 aromatic rings. The van der Waals surface area contributed by atoms with Crippen molar-refractivity contribution in [2.45, 2.75) is 26.3 Å². The van der Waals surface area contributed by atoms with Crippen LogP contribution in [0.2, 0.25) is 0 Å². The van der Waals surface area contributed by atoms with Crippen LogP contribution >= 0.6 is 0 Å². The van der Waals surface area contributed by atoms with E-state index in [1.807, 2.05) is 25.1 Å². The molecule has 0 bridgehead atoms. The molecule has 5 nitrogen and oxygen atoms in total. The molecule has 1 fully saturated rings. The van der Waals surface area contributed by atoms with Crippen LogP contribution in [0.5, 0.6) is 5.75 Å². The monoisotopic (exact) mass is 275 g/mol. The number of rotatable bonds is 4. The third-order valence-corrected chi connectivity index (χ3v) is 3.77. The second-order valence-electron chi connectivity index (χ2n) is 5.22. The Hall–Kier alpha value is -1.75. The Balaban J connectivity index is 1.93. The Morgan fingerprint density at radius 3 is 3.15 bits per heavy atom. The Labute approximate surface area is 118 Å². The first-order chi connectivity index (χ1) is 9.79. The SMILES string of the molecule is CCOc1cccc2c1nc(N)n2CC1CCCOC1. The molecule has 1 aromatic heterocycles. The van der Waals surface area contributed by atoms with Crippen molar-refractivity contribution < 1.29 is 9.47 Å². The second-order valence-corrected chi connectivity index (χ2v) is 5.22. The van der Waals surface area contributed by atoms with Gasteiger partial charge in [0, 0.05) is 19.1 Å². The summed E-state index contributed by atoms with van der Waals surface area (Å²) >= 11 is 0. The van der Waals surface area contributed by atoms with Crippen molar-refractivity contribution in [1.82, 2.24) is 9.55 Å². The molecule has 1 atom stereocenters. The van der Waals surface area contributed by atoms with Crippen molar-refractivity contribution in [3.63, 3.8) is 0 Å². The van der Waals surface area contributed by atoms with Crippen LogP contribution in [0.3, 0.4) is 0 Å². The second kappa shape index (κ2) is 5.71. The average Bonchev–Trinajstić information content (AvgIpc) is 2.78. The van der Waals surface area contributed by atoms with Gasteiger partial charge in [0.2, 0.25) is 5.95 Å². The zero-order chi connectivity index (χ0) is 13.9. The summed E-state index contributed by atoms with van der Waals surface area (Å²) in [7, 11) is 0. The summed E-state index contributed by atoms with van der Waals surface area (Å²) in [4.78, 5) is 4.47. The molecule has 0 saturated carbocycles. The number of benzene rings is 1. The first-order valence-electron chi connectivity index (χ1n) is 7.25. The molecule has 1 saturated heterocycles. The van der Waals surface area contributed by atoms with Gasteiger partial charge in [-0.1, -0.05) is 6.07 Å². The van der Waals surface area contributed by atoms with Crippen molar-refractivity contribution in [3.05, 3.63) is 18.2 Å².